The summed E-state index contributed by atoms with van der Waals surface area (Å²) in [5, 5.41) is 9.36. The Morgan fingerprint density at radius 2 is 1.52 bits per heavy atom. The van der Waals surface area contributed by atoms with Gasteiger partial charge in [0.25, 0.3) is 0 Å². The number of Topliss-reactive ketones (excluding diaryl/α,β-unsaturated/α-hetero) is 1. The average Bonchev–Trinajstić information content (AvgIpc) is 3.44. The van der Waals surface area contributed by atoms with Crippen molar-refractivity contribution in [2.24, 2.45) is 62.1 Å². The van der Waals surface area contributed by atoms with E-state index < -0.39 is 11.4 Å². The van der Waals surface area contributed by atoms with Gasteiger partial charge >= 0.3 is 11.9 Å². The first kappa shape index (κ1) is 41.9. The van der Waals surface area contributed by atoms with Crippen LogP contribution in [0.5, 0.6) is 0 Å². The normalized spacial score (nSPS) is 40.8. The summed E-state index contributed by atoms with van der Waals surface area (Å²) in [6, 6.07) is 0. The number of ether oxygens (including phenoxy) is 1. The molecule has 306 valence electrons. The Morgan fingerprint density at radius 3 is 2.19 bits per heavy atom. The molecule has 0 aromatic heterocycles. The van der Waals surface area contributed by atoms with Gasteiger partial charge < -0.3 is 19.6 Å². The second-order valence-electron chi connectivity index (χ2n) is 22.1. The largest absolute Gasteiger partial charge is 0.481 e. The highest BCUT2D eigenvalue weighted by atomic mass is 16.5. The van der Waals surface area contributed by atoms with Crippen LogP contribution in [0, 0.1) is 62.1 Å². The molecule has 1 N–H and O–H groups in total. The zero-order chi connectivity index (χ0) is 39.5. The van der Waals surface area contributed by atoms with E-state index in [-0.39, 0.29) is 52.0 Å². The number of ketones is 1. The van der Waals surface area contributed by atoms with Gasteiger partial charge in [0, 0.05) is 44.4 Å². The van der Waals surface area contributed by atoms with Crippen molar-refractivity contribution < 1.29 is 24.2 Å². The van der Waals surface area contributed by atoms with Crippen LogP contribution in [0.3, 0.4) is 0 Å². The Labute approximate surface area is 329 Å². The van der Waals surface area contributed by atoms with Crippen molar-refractivity contribution in [3.8, 4) is 0 Å². The maximum absolute atomic E-state index is 13.9. The maximum Gasteiger partial charge on any atom is 0.306 e. The minimum Gasteiger partial charge on any atom is -0.481 e. The SMILES string of the molecule is C=C(C)[C@@H]1CC[C@]2(CC(=O)CCCCN3CCN(C)CC3)CC[C@]3(C)[C@H](CC[C@@H]4[C@@]5(C)CC[C@H](OC(=O)CC(C)(C)CC(=O)O)C(C)(C)[C@@H]5CC[C@]43C)[C@@H]12. The minimum atomic E-state index is -0.877. The van der Waals surface area contributed by atoms with E-state index >= 15 is 0 Å². The molecule has 5 aliphatic carbocycles. The molecule has 0 unspecified atom stereocenters. The highest BCUT2D eigenvalue weighted by Crippen LogP contribution is 2.78. The molecule has 54 heavy (non-hydrogen) atoms. The molecule has 6 aliphatic rings. The predicted octanol–water partition coefficient (Wildman–Crippen LogP) is 9.82. The Kier molecular flexibility index (Phi) is 11.8. The Bertz CT molecular complexity index is 1430. The lowest BCUT2D eigenvalue weighted by Gasteiger charge is -2.73. The zero-order valence-corrected chi connectivity index (χ0v) is 36.0. The third-order valence-corrected chi connectivity index (χ3v) is 18.0. The quantitative estimate of drug-likeness (QED) is 0.114. The molecule has 0 spiro atoms. The number of allylic oxidation sites excluding steroid dienone is 1. The number of fused-ring (bicyclic) bond motifs is 7. The highest BCUT2D eigenvalue weighted by molar-refractivity contribution is 5.79. The van der Waals surface area contributed by atoms with Crippen molar-refractivity contribution in [3.63, 3.8) is 0 Å². The van der Waals surface area contributed by atoms with Gasteiger partial charge in [0.15, 0.2) is 0 Å². The van der Waals surface area contributed by atoms with E-state index in [0.717, 1.165) is 77.7 Å². The van der Waals surface area contributed by atoms with Crippen molar-refractivity contribution in [2.75, 3.05) is 39.8 Å². The van der Waals surface area contributed by atoms with E-state index in [2.05, 4.69) is 65.0 Å². The molecule has 0 radical (unpaired) electrons. The van der Waals surface area contributed by atoms with Gasteiger partial charge in [-0.2, -0.15) is 0 Å². The first-order valence-corrected chi connectivity index (χ1v) is 22.2. The molecule has 0 bridgehead atoms. The number of unbranched alkanes of at least 4 members (excludes halogenated alkanes) is 1. The number of rotatable bonds is 13. The van der Waals surface area contributed by atoms with E-state index in [9.17, 15) is 19.5 Å². The number of likely N-dealkylation sites (N-methyl/N-ethyl adjacent to an activating group) is 1. The number of aliphatic carboxylic acids is 1. The second-order valence-corrected chi connectivity index (χ2v) is 22.1. The van der Waals surface area contributed by atoms with Crippen LogP contribution in [-0.2, 0) is 19.1 Å². The summed E-state index contributed by atoms with van der Waals surface area (Å²) in [7, 11) is 2.21. The molecule has 0 aromatic carbocycles. The van der Waals surface area contributed by atoms with Gasteiger partial charge in [0.2, 0.25) is 0 Å². The number of piperazine rings is 1. The van der Waals surface area contributed by atoms with Gasteiger partial charge in [-0.1, -0.05) is 60.6 Å². The van der Waals surface area contributed by atoms with Crippen molar-refractivity contribution in [1.82, 2.24) is 9.80 Å². The van der Waals surface area contributed by atoms with Gasteiger partial charge in [-0.05, 0) is 154 Å². The summed E-state index contributed by atoms with van der Waals surface area (Å²) in [6.45, 7) is 29.0. The summed E-state index contributed by atoms with van der Waals surface area (Å²) in [4.78, 5) is 43.6. The van der Waals surface area contributed by atoms with E-state index in [4.69, 9.17) is 4.74 Å². The minimum absolute atomic E-state index is 0.0420. The number of carboxylic acid groups (broad SMARTS) is 1. The molecular formula is C47H78N2O5. The van der Waals surface area contributed by atoms with Crippen LogP contribution in [0.4, 0.5) is 0 Å². The topological polar surface area (TPSA) is 87.2 Å². The smallest absolute Gasteiger partial charge is 0.306 e. The van der Waals surface area contributed by atoms with Gasteiger partial charge in [0.1, 0.15) is 11.9 Å². The molecule has 0 aromatic rings. The lowest BCUT2D eigenvalue weighted by atomic mass is 9.32. The van der Waals surface area contributed by atoms with Crippen LogP contribution < -0.4 is 0 Å². The number of hydrogen-bond donors (Lipinski definition) is 1. The molecule has 1 saturated heterocycles. The molecule has 6 fully saturated rings. The summed E-state index contributed by atoms with van der Waals surface area (Å²) in [5.41, 5.74) is 1.32. The number of hydrogen-bond acceptors (Lipinski definition) is 6. The van der Waals surface area contributed by atoms with E-state index in [1.807, 2.05) is 13.8 Å². The van der Waals surface area contributed by atoms with Crippen LogP contribution >= 0.6 is 0 Å². The number of carbonyl (C=O) groups is 3. The number of carbonyl (C=O) groups excluding carboxylic acids is 2. The van der Waals surface area contributed by atoms with Crippen LogP contribution in [0.15, 0.2) is 12.2 Å². The molecule has 0 amide bonds. The number of carboxylic acids is 1. The van der Waals surface area contributed by atoms with Gasteiger partial charge in [-0.3, -0.25) is 14.4 Å². The highest BCUT2D eigenvalue weighted by Gasteiger charge is 2.71. The molecule has 5 saturated carbocycles. The van der Waals surface area contributed by atoms with Gasteiger partial charge in [0.05, 0.1) is 12.8 Å². The van der Waals surface area contributed by atoms with Crippen molar-refractivity contribution in [2.45, 2.75) is 164 Å². The molecule has 1 heterocycles. The molecule has 7 heteroatoms. The van der Waals surface area contributed by atoms with Crippen molar-refractivity contribution >= 4 is 17.7 Å². The van der Waals surface area contributed by atoms with E-state index in [1.54, 1.807) is 0 Å². The first-order chi connectivity index (χ1) is 25.2. The molecular weight excluding hydrogens is 673 g/mol. The summed E-state index contributed by atoms with van der Waals surface area (Å²) >= 11 is 0. The monoisotopic (exact) mass is 751 g/mol. The van der Waals surface area contributed by atoms with Crippen molar-refractivity contribution in [3.05, 3.63) is 12.2 Å². The Balaban J connectivity index is 1.15. The summed E-state index contributed by atoms with van der Waals surface area (Å²) in [5.74, 6) is 2.18. The molecule has 1 aliphatic heterocycles. The Morgan fingerprint density at radius 1 is 0.815 bits per heavy atom. The molecule has 6 rings (SSSR count). The van der Waals surface area contributed by atoms with E-state index in [1.165, 1.54) is 50.5 Å². The standard InChI is InChI=1S/C47H78N2O5/c1-32(2)34-16-21-47(29-33(50)13-11-12-24-49-27-25-48(10)26-28-49)23-22-45(8)35(41(34)47)14-15-37-44(7)19-18-38(43(5,6)36(44)17-20-46(37,45)9)54-40(53)31-42(3,4)30-39(51)52/h34-38,41H,1,11-31H2,2-10H3,(H,51,52)/t34-,35+,36-,37+,38-,41+,44-,45+,46+,47+/m0/s1. The van der Waals surface area contributed by atoms with Crippen LogP contribution in [0.1, 0.15) is 158 Å². The summed E-state index contributed by atoms with van der Waals surface area (Å²) in [6.07, 6.45) is 15.3. The van der Waals surface area contributed by atoms with Crippen LogP contribution in [0.25, 0.3) is 0 Å². The fourth-order valence-electron chi connectivity index (χ4n) is 15.0. The second kappa shape index (κ2) is 15.2. The average molecular weight is 751 g/mol. The lowest BCUT2D eigenvalue weighted by Crippen LogP contribution is -2.66. The molecule has 7 nitrogen and oxygen atoms in total. The fraction of sp³-hybridized carbons (Fsp3) is 0.894. The van der Waals surface area contributed by atoms with Crippen LogP contribution in [-0.4, -0.2) is 78.5 Å². The molecule has 10 atom stereocenters. The summed E-state index contributed by atoms with van der Waals surface area (Å²) < 4.78 is 6.30. The van der Waals surface area contributed by atoms with Gasteiger partial charge in [-0.25, -0.2) is 0 Å². The zero-order valence-electron chi connectivity index (χ0n) is 36.0. The predicted molar refractivity (Wildman–Crippen MR) is 217 cm³/mol. The first-order valence-electron chi connectivity index (χ1n) is 22.2. The maximum atomic E-state index is 13.9. The van der Waals surface area contributed by atoms with E-state index in [0.29, 0.717) is 35.4 Å². The number of nitrogens with zero attached hydrogens (tertiary/aromatic N) is 2. The van der Waals surface area contributed by atoms with Crippen molar-refractivity contribution in [1.29, 1.82) is 0 Å². The van der Waals surface area contributed by atoms with Crippen LogP contribution in [0.2, 0.25) is 0 Å². The van der Waals surface area contributed by atoms with Gasteiger partial charge in [-0.15, -0.1) is 0 Å². The Hall–Kier alpha value is -1.73. The lowest BCUT2D eigenvalue weighted by molar-refractivity contribution is -0.250. The third kappa shape index (κ3) is 7.53. The number of esters is 1. The third-order valence-electron chi connectivity index (χ3n) is 18.0. The fourth-order valence-corrected chi connectivity index (χ4v) is 15.0.